The zero-order valence-electron chi connectivity index (χ0n) is 8.45. The number of rotatable bonds is 4. The standard InChI is InChI=1S/C10H19N3/c1-9(12-13-11)7-8-10-5-3-2-4-6-10/h9-10H,2-8H2,1H3. The smallest absolute Gasteiger partial charge is 0.0345 e. The van der Waals surface area contributed by atoms with Crippen LogP contribution in [0.25, 0.3) is 10.4 Å². The minimum absolute atomic E-state index is 0.187. The van der Waals surface area contributed by atoms with Crippen LogP contribution in [0, 0.1) is 5.92 Å². The van der Waals surface area contributed by atoms with Crippen molar-refractivity contribution >= 4 is 0 Å². The maximum atomic E-state index is 8.23. The third-order valence-corrected chi connectivity index (χ3v) is 2.97. The van der Waals surface area contributed by atoms with Crippen LogP contribution in [0.1, 0.15) is 51.9 Å². The summed E-state index contributed by atoms with van der Waals surface area (Å²) in [5.41, 5.74) is 8.23. The summed E-state index contributed by atoms with van der Waals surface area (Å²) in [5.74, 6) is 0.907. The van der Waals surface area contributed by atoms with Crippen LogP contribution in [0.5, 0.6) is 0 Å². The van der Waals surface area contributed by atoms with E-state index >= 15 is 0 Å². The Morgan fingerprint density at radius 3 is 2.69 bits per heavy atom. The summed E-state index contributed by atoms with van der Waals surface area (Å²) in [7, 11) is 0. The van der Waals surface area contributed by atoms with Crippen molar-refractivity contribution in [2.45, 2.75) is 57.9 Å². The van der Waals surface area contributed by atoms with Gasteiger partial charge in [0.2, 0.25) is 0 Å². The van der Waals surface area contributed by atoms with Crippen LogP contribution in [-0.2, 0) is 0 Å². The molecule has 1 fully saturated rings. The van der Waals surface area contributed by atoms with E-state index in [0.717, 1.165) is 12.3 Å². The van der Waals surface area contributed by atoms with Crippen molar-refractivity contribution in [2.24, 2.45) is 11.0 Å². The van der Waals surface area contributed by atoms with Crippen LogP contribution in [0.15, 0.2) is 5.11 Å². The number of nitrogens with zero attached hydrogens (tertiary/aromatic N) is 3. The Labute approximate surface area is 80.2 Å². The van der Waals surface area contributed by atoms with Gasteiger partial charge in [-0.2, -0.15) is 0 Å². The Balaban J connectivity index is 2.13. The van der Waals surface area contributed by atoms with Crippen LogP contribution in [0.2, 0.25) is 0 Å². The van der Waals surface area contributed by atoms with Gasteiger partial charge in [-0.3, -0.25) is 0 Å². The Hall–Kier alpha value is -0.690. The van der Waals surface area contributed by atoms with E-state index in [2.05, 4.69) is 10.0 Å². The summed E-state index contributed by atoms with van der Waals surface area (Å²) in [4.78, 5) is 2.82. The second-order valence-corrected chi connectivity index (χ2v) is 4.14. The predicted octanol–water partition coefficient (Wildman–Crippen LogP) is 4.05. The van der Waals surface area contributed by atoms with Gasteiger partial charge >= 0.3 is 0 Å². The third-order valence-electron chi connectivity index (χ3n) is 2.97. The second-order valence-electron chi connectivity index (χ2n) is 4.14. The molecule has 1 atom stereocenters. The van der Waals surface area contributed by atoms with Crippen molar-refractivity contribution in [1.82, 2.24) is 0 Å². The van der Waals surface area contributed by atoms with E-state index in [9.17, 15) is 0 Å². The molecule has 0 amide bonds. The molecule has 1 aliphatic rings. The molecule has 0 saturated heterocycles. The van der Waals surface area contributed by atoms with Crippen LogP contribution in [-0.4, -0.2) is 6.04 Å². The fourth-order valence-corrected chi connectivity index (χ4v) is 2.10. The highest BCUT2D eigenvalue weighted by atomic mass is 15.1. The molecule has 0 spiro atoms. The molecule has 0 aromatic heterocycles. The number of hydrogen-bond donors (Lipinski definition) is 0. The van der Waals surface area contributed by atoms with Crippen molar-refractivity contribution in [3.63, 3.8) is 0 Å². The maximum Gasteiger partial charge on any atom is 0.0345 e. The highest BCUT2D eigenvalue weighted by Gasteiger charge is 2.13. The van der Waals surface area contributed by atoms with Gasteiger partial charge in [-0.1, -0.05) is 50.6 Å². The molecule has 0 bridgehead atoms. The SMILES string of the molecule is CC(CCC1CCCCC1)N=[N+]=[N-]. The Morgan fingerprint density at radius 1 is 1.38 bits per heavy atom. The predicted molar refractivity (Wildman–Crippen MR) is 54.4 cm³/mol. The molecule has 0 aromatic rings. The highest BCUT2D eigenvalue weighted by Crippen LogP contribution is 2.27. The van der Waals surface area contributed by atoms with E-state index in [1.54, 1.807) is 0 Å². The van der Waals surface area contributed by atoms with Gasteiger partial charge in [-0.05, 0) is 17.9 Å². The first-order valence-corrected chi connectivity index (χ1v) is 5.37. The lowest BCUT2D eigenvalue weighted by atomic mass is 9.85. The number of azide groups is 1. The van der Waals surface area contributed by atoms with E-state index in [-0.39, 0.29) is 6.04 Å². The van der Waals surface area contributed by atoms with Crippen molar-refractivity contribution in [3.8, 4) is 0 Å². The van der Waals surface area contributed by atoms with Gasteiger partial charge in [0.1, 0.15) is 0 Å². The largest absolute Gasteiger partial charge is 0.0909 e. The van der Waals surface area contributed by atoms with Crippen LogP contribution >= 0.6 is 0 Å². The van der Waals surface area contributed by atoms with E-state index in [4.69, 9.17) is 5.53 Å². The molecular formula is C10H19N3. The lowest BCUT2D eigenvalue weighted by Gasteiger charge is -2.21. The molecule has 0 N–H and O–H groups in total. The highest BCUT2D eigenvalue weighted by molar-refractivity contribution is 4.69. The summed E-state index contributed by atoms with van der Waals surface area (Å²) in [6.07, 6.45) is 9.32. The van der Waals surface area contributed by atoms with Crippen molar-refractivity contribution < 1.29 is 0 Å². The van der Waals surface area contributed by atoms with Crippen LogP contribution < -0.4 is 0 Å². The van der Waals surface area contributed by atoms with Crippen molar-refractivity contribution in [1.29, 1.82) is 0 Å². The molecular weight excluding hydrogens is 162 g/mol. The Kier molecular flexibility index (Phi) is 4.69. The van der Waals surface area contributed by atoms with Gasteiger partial charge in [-0.25, -0.2) is 0 Å². The Morgan fingerprint density at radius 2 is 2.08 bits per heavy atom. The summed E-state index contributed by atoms with van der Waals surface area (Å²) in [5, 5.41) is 3.69. The molecule has 0 heterocycles. The lowest BCUT2D eigenvalue weighted by Crippen LogP contribution is -2.08. The molecule has 0 aliphatic heterocycles. The fraction of sp³-hybridized carbons (Fsp3) is 1.00. The van der Waals surface area contributed by atoms with Gasteiger partial charge in [0.15, 0.2) is 0 Å². The second kappa shape index (κ2) is 5.87. The zero-order chi connectivity index (χ0) is 9.52. The molecule has 0 aromatic carbocycles. The first kappa shape index (κ1) is 10.4. The molecule has 1 rings (SSSR count). The molecule has 13 heavy (non-hydrogen) atoms. The zero-order valence-corrected chi connectivity index (χ0v) is 8.45. The Bertz CT molecular complexity index is 179. The monoisotopic (exact) mass is 181 g/mol. The average molecular weight is 181 g/mol. The summed E-state index contributed by atoms with van der Waals surface area (Å²) >= 11 is 0. The van der Waals surface area contributed by atoms with E-state index in [0.29, 0.717) is 0 Å². The van der Waals surface area contributed by atoms with Crippen molar-refractivity contribution in [3.05, 3.63) is 10.4 Å². The molecule has 0 radical (unpaired) electrons. The van der Waals surface area contributed by atoms with E-state index < -0.39 is 0 Å². The van der Waals surface area contributed by atoms with Gasteiger partial charge < -0.3 is 0 Å². The maximum absolute atomic E-state index is 8.23. The van der Waals surface area contributed by atoms with E-state index in [1.807, 2.05) is 6.92 Å². The van der Waals surface area contributed by atoms with Crippen LogP contribution in [0.4, 0.5) is 0 Å². The summed E-state index contributed by atoms with van der Waals surface area (Å²) < 4.78 is 0. The molecule has 1 unspecified atom stereocenters. The van der Waals surface area contributed by atoms with Gasteiger partial charge in [0, 0.05) is 11.0 Å². The first-order valence-electron chi connectivity index (χ1n) is 5.37. The molecule has 1 aliphatic carbocycles. The molecule has 74 valence electrons. The minimum atomic E-state index is 0.187. The molecule has 3 nitrogen and oxygen atoms in total. The topological polar surface area (TPSA) is 48.8 Å². The average Bonchev–Trinajstić information content (AvgIpc) is 2.17. The third kappa shape index (κ3) is 4.18. The van der Waals surface area contributed by atoms with Gasteiger partial charge in [-0.15, -0.1) is 0 Å². The summed E-state index contributed by atoms with van der Waals surface area (Å²) in [6.45, 7) is 2.00. The van der Waals surface area contributed by atoms with Crippen molar-refractivity contribution in [2.75, 3.05) is 0 Å². The first-order chi connectivity index (χ1) is 6.33. The summed E-state index contributed by atoms with van der Waals surface area (Å²) in [6, 6.07) is 0.187. The molecule has 3 heteroatoms. The molecule has 1 saturated carbocycles. The minimum Gasteiger partial charge on any atom is -0.0909 e. The van der Waals surface area contributed by atoms with Gasteiger partial charge in [0.05, 0.1) is 0 Å². The lowest BCUT2D eigenvalue weighted by molar-refractivity contribution is 0.325. The van der Waals surface area contributed by atoms with Gasteiger partial charge in [0.25, 0.3) is 0 Å². The van der Waals surface area contributed by atoms with E-state index in [1.165, 1.54) is 38.5 Å². The number of hydrogen-bond acceptors (Lipinski definition) is 1. The quantitative estimate of drug-likeness (QED) is 0.357. The van der Waals surface area contributed by atoms with Crippen LogP contribution in [0.3, 0.4) is 0 Å². The normalized spacial score (nSPS) is 20.7. The fourth-order valence-electron chi connectivity index (χ4n) is 2.10.